The zero-order chi connectivity index (χ0) is 21.6. The van der Waals surface area contributed by atoms with Gasteiger partial charge in [0.1, 0.15) is 5.75 Å². The molecule has 0 bridgehead atoms. The Bertz CT molecular complexity index is 608. The third-order valence-corrected chi connectivity index (χ3v) is 5.52. The molecule has 1 fully saturated rings. The van der Waals surface area contributed by atoms with Gasteiger partial charge in [-0.1, -0.05) is 12.1 Å². The molecule has 2 rings (SSSR count). The van der Waals surface area contributed by atoms with Gasteiger partial charge in [-0.05, 0) is 64.0 Å². The molecule has 7 nitrogen and oxygen atoms in total. The van der Waals surface area contributed by atoms with Gasteiger partial charge in [0.05, 0.1) is 19.7 Å². The predicted molar refractivity (Wildman–Crippen MR) is 140 cm³/mol. The Labute approximate surface area is 206 Å². The van der Waals surface area contributed by atoms with Crippen molar-refractivity contribution in [1.29, 1.82) is 0 Å². The van der Waals surface area contributed by atoms with E-state index in [-0.39, 0.29) is 24.0 Å². The van der Waals surface area contributed by atoms with E-state index in [1.165, 1.54) is 18.4 Å². The SMILES string of the molecule is CCNC(=NCC(c1ccc(OC)cc1)N1CCCC1)NCCN(C)CCCOC.I. The van der Waals surface area contributed by atoms with Crippen LogP contribution in [0.5, 0.6) is 5.75 Å². The van der Waals surface area contributed by atoms with Crippen LogP contribution in [0.1, 0.15) is 37.8 Å². The highest BCUT2D eigenvalue weighted by molar-refractivity contribution is 14.0. The molecule has 1 aliphatic heterocycles. The fourth-order valence-electron chi connectivity index (χ4n) is 3.79. The van der Waals surface area contributed by atoms with E-state index in [0.29, 0.717) is 6.04 Å². The molecule has 1 aliphatic rings. The van der Waals surface area contributed by atoms with Gasteiger partial charge in [-0.3, -0.25) is 9.89 Å². The molecule has 1 unspecified atom stereocenters. The van der Waals surface area contributed by atoms with Crippen LogP contribution < -0.4 is 15.4 Å². The van der Waals surface area contributed by atoms with Crippen LogP contribution in [0.25, 0.3) is 0 Å². The predicted octanol–water partition coefficient (Wildman–Crippen LogP) is 2.97. The van der Waals surface area contributed by atoms with Crippen molar-refractivity contribution in [3.8, 4) is 5.75 Å². The van der Waals surface area contributed by atoms with Gasteiger partial charge in [-0.25, -0.2) is 0 Å². The third-order valence-electron chi connectivity index (χ3n) is 5.52. The number of hydrogen-bond acceptors (Lipinski definition) is 5. The van der Waals surface area contributed by atoms with Crippen molar-refractivity contribution in [3.05, 3.63) is 29.8 Å². The molecule has 31 heavy (non-hydrogen) atoms. The number of benzene rings is 1. The minimum atomic E-state index is 0. The lowest BCUT2D eigenvalue weighted by molar-refractivity contribution is 0.180. The van der Waals surface area contributed by atoms with E-state index >= 15 is 0 Å². The third kappa shape index (κ3) is 10.4. The Morgan fingerprint density at radius 3 is 2.45 bits per heavy atom. The molecule has 0 spiro atoms. The van der Waals surface area contributed by atoms with Crippen LogP contribution in [-0.4, -0.2) is 89.4 Å². The first-order chi connectivity index (χ1) is 14.7. The molecule has 1 saturated heterocycles. The van der Waals surface area contributed by atoms with Crippen molar-refractivity contribution < 1.29 is 9.47 Å². The average Bonchev–Trinajstić information content (AvgIpc) is 3.29. The Morgan fingerprint density at radius 1 is 1.13 bits per heavy atom. The summed E-state index contributed by atoms with van der Waals surface area (Å²) in [5.74, 6) is 1.78. The first kappa shape index (κ1) is 27.9. The first-order valence-corrected chi connectivity index (χ1v) is 11.3. The van der Waals surface area contributed by atoms with Gasteiger partial charge in [0.25, 0.3) is 0 Å². The standard InChI is InChI=1S/C23H41N5O2.HI/c1-5-24-23(25-13-17-27(2)14-8-18-29-3)26-19-22(28-15-6-7-16-28)20-9-11-21(30-4)12-10-20;/h9-12,22H,5-8,13-19H2,1-4H3,(H2,24,25,26);1H. The largest absolute Gasteiger partial charge is 0.497 e. The van der Waals surface area contributed by atoms with E-state index in [1.54, 1.807) is 14.2 Å². The van der Waals surface area contributed by atoms with E-state index in [9.17, 15) is 0 Å². The number of methoxy groups -OCH3 is 2. The quantitative estimate of drug-likeness (QED) is 0.172. The molecule has 1 heterocycles. The van der Waals surface area contributed by atoms with E-state index < -0.39 is 0 Å². The molecule has 2 N–H and O–H groups in total. The summed E-state index contributed by atoms with van der Waals surface area (Å²) in [7, 11) is 5.61. The lowest BCUT2D eigenvalue weighted by atomic mass is 10.1. The summed E-state index contributed by atoms with van der Waals surface area (Å²) in [6.07, 6.45) is 3.59. The molecular weight excluding hydrogens is 505 g/mol. The first-order valence-electron chi connectivity index (χ1n) is 11.3. The van der Waals surface area contributed by atoms with Gasteiger partial charge < -0.3 is 25.0 Å². The summed E-state index contributed by atoms with van der Waals surface area (Å²) in [4.78, 5) is 9.81. The topological polar surface area (TPSA) is 61.4 Å². The lowest BCUT2D eigenvalue weighted by Gasteiger charge is -2.27. The fraction of sp³-hybridized carbons (Fsp3) is 0.696. The summed E-state index contributed by atoms with van der Waals surface area (Å²) in [6, 6.07) is 8.74. The molecule has 1 aromatic rings. The molecular formula is C23H42IN5O2. The van der Waals surface area contributed by atoms with Gasteiger partial charge in [0.2, 0.25) is 0 Å². The highest BCUT2D eigenvalue weighted by Gasteiger charge is 2.23. The monoisotopic (exact) mass is 547 g/mol. The lowest BCUT2D eigenvalue weighted by Crippen LogP contribution is -2.41. The second-order valence-electron chi connectivity index (χ2n) is 7.83. The Kier molecular flexibility index (Phi) is 14.9. The smallest absolute Gasteiger partial charge is 0.191 e. The minimum absolute atomic E-state index is 0. The minimum Gasteiger partial charge on any atom is -0.497 e. The van der Waals surface area contributed by atoms with Crippen molar-refractivity contribution in [3.63, 3.8) is 0 Å². The number of aliphatic imine (C=N–C) groups is 1. The maximum absolute atomic E-state index is 5.33. The zero-order valence-electron chi connectivity index (χ0n) is 19.7. The van der Waals surface area contributed by atoms with Gasteiger partial charge in [-0.2, -0.15) is 0 Å². The van der Waals surface area contributed by atoms with Crippen LogP contribution in [0.4, 0.5) is 0 Å². The summed E-state index contributed by atoms with van der Waals surface area (Å²) >= 11 is 0. The maximum Gasteiger partial charge on any atom is 0.191 e. The van der Waals surface area contributed by atoms with Gasteiger partial charge in [0, 0.05) is 39.9 Å². The molecule has 8 heteroatoms. The highest BCUT2D eigenvalue weighted by atomic mass is 127. The Balaban J connectivity index is 0.00000480. The number of halogens is 1. The number of guanidine groups is 1. The molecule has 1 aromatic carbocycles. The molecule has 0 saturated carbocycles. The Hall–Kier alpha value is -1.10. The number of nitrogens with one attached hydrogen (secondary N) is 2. The fourth-order valence-corrected chi connectivity index (χ4v) is 3.79. The number of likely N-dealkylation sites (N-methyl/N-ethyl adjacent to an activating group) is 1. The number of likely N-dealkylation sites (tertiary alicyclic amines) is 1. The van der Waals surface area contributed by atoms with E-state index in [4.69, 9.17) is 14.5 Å². The van der Waals surface area contributed by atoms with Crippen molar-refractivity contribution in [2.45, 2.75) is 32.2 Å². The van der Waals surface area contributed by atoms with Crippen LogP contribution in [0.3, 0.4) is 0 Å². The van der Waals surface area contributed by atoms with Crippen molar-refractivity contribution in [1.82, 2.24) is 20.4 Å². The number of ether oxygens (including phenoxy) is 2. The van der Waals surface area contributed by atoms with Crippen molar-refractivity contribution in [2.75, 3.05) is 73.7 Å². The van der Waals surface area contributed by atoms with Gasteiger partial charge in [-0.15, -0.1) is 24.0 Å². The molecule has 1 atom stereocenters. The van der Waals surface area contributed by atoms with Crippen LogP contribution >= 0.6 is 24.0 Å². The maximum atomic E-state index is 5.33. The molecule has 0 radical (unpaired) electrons. The van der Waals surface area contributed by atoms with Crippen LogP contribution in [0.15, 0.2) is 29.3 Å². The Morgan fingerprint density at radius 2 is 1.84 bits per heavy atom. The van der Waals surface area contributed by atoms with E-state index in [2.05, 4.69) is 46.5 Å². The summed E-state index contributed by atoms with van der Waals surface area (Å²) < 4.78 is 10.5. The summed E-state index contributed by atoms with van der Waals surface area (Å²) in [6.45, 7) is 9.68. The molecule has 0 amide bonds. The second-order valence-corrected chi connectivity index (χ2v) is 7.83. The van der Waals surface area contributed by atoms with Gasteiger partial charge in [0.15, 0.2) is 5.96 Å². The average molecular weight is 548 g/mol. The van der Waals surface area contributed by atoms with Crippen molar-refractivity contribution in [2.24, 2.45) is 4.99 Å². The number of nitrogens with zero attached hydrogens (tertiary/aromatic N) is 3. The van der Waals surface area contributed by atoms with Crippen LogP contribution in [0.2, 0.25) is 0 Å². The molecule has 0 aromatic heterocycles. The van der Waals surface area contributed by atoms with E-state index in [1.807, 2.05) is 12.1 Å². The summed E-state index contributed by atoms with van der Waals surface area (Å²) in [5, 5.41) is 6.87. The van der Waals surface area contributed by atoms with Crippen LogP contribution in [-0.2, 0) is 4.74 Å². The zero-order valence-corrected chi connectivity index (χ0v) is 22.1. The number of rotatable bonds is 13. The highest BCUT2D eigenvalue weighted by Crippen LogP contribution is 2.27. The normalized spacial score (nSPS) is 15.6. The van der Waals surface area contributed by atoms with Crippen molar-refractivity contribution >= 4 is 29.9 Å². The second kappa shape index (κ2) is 16.5. The molecule has 178 valence electrons. The van der Waals surface area contributed by atoms with Crippen LogP contribution in [0, 0.1) is 0 Å². The summed E-state index contributed by atoms with van der Waals surface area (Å²) in [5.41, 5.74) is 1.30. The molecule has 0 aliphatic carbocycles. The van der Waals surface area contributed by atoms with E-state index in [0.717, 1.165) is 70.6 Å². The number of hydrogen-bond donors (Lipinski definition) is 2. The van der Waals surface area contributed by atoms with Gasteiger partial charge >= 0.3 is 0 Å².